The van der Waals surface area contributed by atoms with E-state index in [9.17, 15) is 14.9 Å². The smallest absolute Gasteiger partial charge is 0.300 e. The van der Waals surface area contributed by atoms with Crippen molar-refractivity contribution in [3.63, 3.8) is 0 Å². The molecule has 20 heavy (non-hydrogen) atoms. The summed E-state index contributed by atoms with van der Waals surface area (Å²) in [5, 5.41) is 11.0. The molecule has 0 aromatic carbocycles. The van der Waals surface area contributed by atoms with E-state index >= 15 is 0 Å². The Morgan fingerprint density at radius 2 is 2.30 bits per heavy atom. The van der Waals surface area contributed by atoms with E-state index in [0.29, 0.717) is 19.0 Å². The Balaban J connectivity index is 2.28. The van der Waals surface area contributed by atoms with Crippen LogP contribution in [0.4, 0.5) is 11.5 Å². The number of carbonyl (C=O) groups is 1. The Morgan fingerprint density at radius 1 is 1.60 bits per heavy atom. The summed E-state index contributed by atoms with van der Waals surface area (Å²) >= 11 is 0. The minimum atomic E-state index is -0.596. The van der Waals surface area contributed by atoms with Gasteiger partial charge >= 0.3 is 0 Å². The molecule has 0 aliphatic heterocycles. The molecule has 108 valence electrons. The first kappa shape index (κ1) is 14.2. The number of carbonyl (C=O) groups excluding carboxylic acids is 1. The molecule has 0 saturated heterocycles. The van der Waals surface area contributed by atoms with Crippen molar-refractivity contribution in [2.24, 2.45) is 5.92 Å². The molecule has 0 radical (unpaired) electrons. The average molecular weight is 278 g/mol. The van der Waals surface area contributed by atoms with Crippen LogP contribution in [0, 0.1) is 16.0 Å². The monoisotopic (exact) mass is 278 g/mol. The van der Waals surface area contributed by atoms with Gasteiger partial charge in [0, 0.05) is 13.1 Å². The summed E-state index contributed by atoms with van der Waals surface area (Å²) in [7, 11) is 0. The molecule has 1 fully saturated rings. The number of anilines is 1. The number of pyridine rings is 1. The lowest BCUT2D eigenvalue weighted by Gasteiger charge is -2.22. The van der Waals surface area contributed by atoms with E-state index in [1.54, 1.807) is 4.90 Å². The van der Waals surface area contributed by atoms with E-state index in [-0.39, 0.29) is 23.0 Å². The van der Waals surface area contributed by atoms with Gasteiger partial charge in [-0.25, -0.2) is 4.98 Å². The minimum absolute atomic E-state index is 0.0246. The van der Waals surface area contributed by atoms with Crippen LogP contribution in [0.5, 0.6) is 0 Å². The Hall–Kier alpha value is -2.18. The molecule has 1 amide bonds. The predicted octanol–water partition coefficient (Wildman–Crippen LogP) is 1.83. The van der Waals surface area contributed by atoms with Crippen molar-refractivity contribution in [3.8, 4) is 0 Å². The first-order valence-corrected chi connectivity index (χ1v) is 6.72. The van der Waals surface area contributed by atoms with E-state index < -0.39 is 4.92 Å². The molecule has 0 spiro atoms. The Kier molecular flexibility index (Phi) is 4.16. The van der Waals surface area contributed by atoms with Gasteiger partial charge < -0.3 is 10.6 Å². The maximum Gasteiger partial charge on any atom is 0.300 e. The number of nitrogens with zero attached hydrogens (tertiary/aromatic N) is 3. The molecular weight excluding hydrogens is 260 g/mol. The zero-order valence-corrected chi connectivity index (χ0v) is 11.4. The van der Waals surface area contributed by atoms with Crippen molar-refractivity contribution in [1.29, 1.82) is 0 Å². The second-order valence-corrected chi connectivity index (χ2v) is 5.08. The van der Waals surface area contributed by atoms with E-state index in [2.05, 4.69) is 4.98 Å². The summed E-state index contributed by atoms with van der Waals surface area (Å²) < 4.78 is 0. The van der Waals surface area contributed by atoms with Crippen molar-refractivity contribution in [2.45, 2.75) is 26.2 Å². The molecule has 1 aromatic heterocycles. The van der Waals surface area contributed by atoms with E-state index in [1.807, 2.05) is 6.92 Å². The van der Waals surface area contributed by atoms with Gasteiger partial charge in [0.15, 0.2) is 0 Å². The topological polar surface area (TPSA) is 102 Å². The zero-order chi connectivity index (χ0) is 14.7. The molecule has 1 aromatic rings. The van der Waals surface area contributed by atoms with Crippen LogP contribution in [-0.4, -0.2) is 33.8 Å². The summed E-state index contributed by atoms with van der Waals surface area (Å²) in [5.41, 5.74) is 5.28. The normalized spacial score (nSPS) is 14.1. The molecular formula is C13H18N4O3. The second kappa shape index (κ2) is 5.85. The zero-order valence-electron chi connectivity index (χ0n) is 11.4. The molecule has 7 nitrogen and oxygen atoms in total. The third-order valence-corrected chi connectivity index (χ3v) is 3.29. The second-order valence-electron chi connectivity index (χ2n) is 5.08. The molecule has 2 N–H and O–H groups in total. The molecule has 1 saturated carbocycles. The van der Waals surface area contributed by atoms with E-state index in [1.165, 1.54) is 6.07 Å². The highest BCUT2D eigenvalue weighted by Gasteiger charge is 2.30. The van der Waals surface area contributed by atoms with E-state index in [4.69, 9.17) is 5.73 Å². The summed E-state index contributed by atoms with van der Waals surface area (Å²) in [6.07, 6.45) is 4.10. The number of aromatic nitrogens is 1. The van der Waals surface area contributed by atoms with Crippen LogP contribution in [0.2, 0.25) is 0 Å². The van der Waals surface area contributed by atoms with Crippen LogP contribution >= 0.6 is 0 Å². The van der Waals surface area contributed by atoms with Crippen LogP contribution in [0.1, 0.15) is 36.5 Å². The predicted molar refractivity (Wildman–Crippen MR) is 74.2 cm³/mol. The van der Waals surface area contributed by atoms with Gasteiger partial charge in [0.05, 0.1) is 4.92 Å². The largest absolute Gasteiger partial charge is 0.384 e. The Labute approximate surface area is 116 Å². The fraction of sp³-hybridized carbons (Fsp3) is 0.538. The first-order valence-electron chi connectivity index (χ1n) is 6.72. The lowest BCUT2D eigenvalue weighted by atomic mass is 10.1. The third kappa shape index (κ3) is 3.23. The molecule has 0 atom stereocenters. The van der Waals surface area contributed by atoms with Crippen LogP contribution in [0.15, 0.2) is 12.3 Å². The highest BCUT2D eigenvalue weighted by atomic mass is 16.6. The van der Waals surface area contributed by atoms with Crippen molar-refractivity contribution < 1.29 is 9.72 Å². The molecule has 0 bridgehead atoms. The SMILES string of the molecule is CCCN(CC1CC1)C(=O)c1cc(N)ncc1[N+](=O)[O-]. The summed E-state index contributed by atoms with van der Waals surface area (Å²) in [6, 6.07) is 1.29. The highest BCUT2D eigenvalue weighted by Crippen LogP contribution is 2.31. The van der Waals surface area contributed by atoms with Gasteiger partial charge in [0.2, 0.25) is 0 Å². The molecule has 2 rings (SSSR count). The standard InChI is InChI=1S/C13H18N4O3/c1-2-5-16(8-9-3-4-9)13(18)10-6-12(14)15-7-11(10)17(19)20/h6-7,9H,2-5,8H2,1H3,(H2,14,15). The first-order chi connectivity index (χ1) is 9.52. The van der Waals surface area contributed by atoms with Crippen molar-refractivity contribution >= 4 is 17.4 Å². The summed E-state index contributed by atoms with van der Waals surface area (Å²) in [4.78, 5) is 28.3. The molecule has 1 heterocycles. The molecule has 0 unspecified atom stereocenters. The number of nitro groups is 1. The Bertz CT molecular complexity index is 528. The average Bonchev–Trinajstić information content (AvgIpc) is 3.21. The number of hydrogen-bond acceptors (Lipinski definition) is 5. The van der Waals surface area contributed by atoms with Gasteiger partial charge in [-0.1, -0.05) is 6.92 Å². The highest BCUT2D eigenvalue weighted by molar-refractivity contribution is 5.98. The fourth-order valence-electron chi connectivity index (χ4n) is 2.11. The summed E-state index contributed by atoms with van der Waals surface area (Å²) in [6.45, 7) is 3.23. The van der Waals surface area contributed by atoms with Gasteiger partial charge in [-0.2, -0.15) is 0 Å². The lowest BCUT2D eigenvalue weighted by molar-refractivity contribution is -0.385. The quantitative estimate of drug-likeness (QED) is 0.631. The lowest BCUT2D eigenvalue weighted by Crippen LogP contribution is -2.34. The van der Waals surface area contributed by atoms with Crippen LogP contribution in [0.25, 0.3) is 0 Å². The van der Waals surface area contributed by atoms with Crippen molar-refractivity contribution in [3.05, 3.63) is 27.9 Å². The van der Waals surface area contributed by atoms with Gasteiger partial charge in [0.1, 0.15) is 17.6 Å². The number of amides is 1. The number of nitrogen functional groups attached to an aromatic ring is 1. The minimum Gasteiger partial charge on any atom is -0.384 e. The van der Waals surface area contributed by atoms with Crippen LogP contribution < -0.4 is 5.73 Å². The maximum absolute atomic E-state index is 12.5. The maximum atomic E-state index is 12.5. The number of nitrogens with two attached hydrogens (primary N) is 1. The van der Waals surface area contributed by atoms with E-state index in [0.717, 1.165) is 25.5 Å². The van der Waals surface area contributed by atoms with Gasteiger partial charge in [-0.05, 0) is 31.2 Å². The number of rotatable bonds is 6. The molecule has 1 aliphatic rings. The van der Waals surface area contributed by atoms with Crippen molar-refractivity contribution in [1.82, 2.24) is 9.88 Å². The number of hydrogen-bond donors (Lipinski definition) is 1. The fourth-order valence-corrected chi connectivity index (χ4v) is 2.11. The third-order valence-electron chi connectivity index (χ3n) is 3.29. The van der Waals surface area contributed by atoms with Crippen LogP contribution in [0.3, 0.4) is 0 Å². The van der Waals surface area contributed by atoms with Gasteiger partial charge in [-0.15, -0.1) is 0 Å². The van der Waals surface area contributed by atoms with Gasteiger partial charge in [0.25, 0.3) is 11.6 Å². The van der Waals surface area contributed by atoms with Crippen molar-refractivity contribution in [2.75, 3.05) is 18.8 Å². The summed E-state index contributed by atoms with van der Waals surface area (Å²) in [5.74, 6) is 0.310. The van der Waals surface area contributed by atoms with Crippen LogP contribution in [-0.2, 0) is 0 Å². The molecule has 7 heteroatoms. The molecule has 1 aliphatic carbocycles. The Morgan fingerprint density at radius 3 is 2.85 bits per heavy atom. The van der Waals surface area contributed by atoms with Gasteiger partial charge in [-0.3, -0.25) is 14.9 Å².